The van der Waals surface area contributed by atoms with Gasteiger partial charge in [0.2, 0.25) is 0 Å². The van der Waals surface area contributed by atoms with Crippen molar-refractivity contribution in [2.75, 3.05) is 29.9 Å². The monoisotopic (exact) mass is 436 g/mol. The predicted octanol–water partition coefficient (Wildman–Crippen LogP) is 3.25. The number of benzene rings is 1. The number of hydrogen-bond acceptors (Lipinski definition) is 5. The van der Waals surface area contributed by atoms with Gasteiger partial charge in [0.05, 0.1) is 17.5 Å². The first-order chi connectivity index (χ1) is 14.6. The molecule has 3 aromatic rings. The molecule has 1 atom stereocenters. The number of imidazole rings is 1. The van der Waals surface area contributed by atoms with Crippen LogP contribution in [0.1, 0.15) is 28.7 Å². The Balaban J connectivity index is 1.60. The first-order valence-electron chi connectivity index (χ1n) is 9.64. The van der Waals surface area contributed by atoms with Crippen molar-refractivity contribution in [1.29, 1.82) is 0 Å². The number of halogens is 4. The zero-order valence-electron chi connectivity index (χ0n) is 16.8. The summed E-state index contributed by atoms with van der Waals surface area (Å²) in [5.41, 5.74) is -0.898. The van der Waals surface area contributed by atoms with E-state index in [0.717, 1.165) is 10.9 Å². The van der Waals surface area contributed by atoms with Crippen LogP contribution in [0.5, 0.6) is 0 Å². The molecular formula is C20H20F4N6O. The quantitative estimate of drug-likeness (QED) is 0.617. The van der Waals surface area contributed by atoms with Crippen molar-refractivity contribution in [3.05, 3.63) is 53.4 Å². The van der Waals surface area contributed by atoms with Gasteiger partial charge in [-0.2, -0.15) is 13.2 Å². The number of rotatable bonds is 3. The Morgan fingerprint density at radius 1 is 1.26 bits per heavy atom. The second-order valence-electron chi connectivity index (χ2n) is 7.51. The maximum Gasteiger partial charge on any atom is 0.437 e. The molecule has 164 valence electrons. The molecule has 1 saturated heterocycles. The number of aromatic nitrogens is 3. The summed E-state index contributed by atoms with van der Waals surface area (Å²) < 4.78 is 55.9. The fourth-order valence-electron chi connectivity index (χ4n) is 3.61. The van der Waals surface area contributed by atoms with Crippen LogP contribution in [0.2, 0.25) is 0 Å². The van der Waals surface area contributed by atoms with Crippen molar-refractivity contribution < 1.29 is 22.4 Å². The molecule has 1 aromatic carbocycles. The van der Waals surface area contributed by atoms with Gasteiger partial charge in [0, 0.05) is 37.6 Å². The molecule has 0 bridgehead atoms. The minimum atomic E-state index is -4.77. The second-order valence-corrected chi connectivity index (χ2v) is 7.51. The Morgan fingerprint density at radius 2 is 2.03 bits per heavy atom. The molecule has 0 unspecified atom stereocenters. The smallest absolute Gasteiger partial charge is 0.369 e. The summed E-state index contributed by atoms with van der Waals surface area (Å²) in [6.07, 6.45) is -2.18. The van der Waals surface area contributed by atoms with E-state index in [2.05, 4.69) is 20.6 Å². The third kappa shape index (κ3) is 4.31. The standard InChI is InChI=1S/C20H20F4N6O/c1-11-8-29(6-5-25-11)13-3-4-14(15(21)7-13)19(31)28-16-10-30-9-12(2)26-18(30)17(27-16)20(22,23)24/h3-4,7,9-11,25H,5-6,8H2,1-2H3,(H,28,31)/t11-/m1/s1. The number of nitrogens with zero attached hydrogens (tertiary/aromatic N) is 4. The third-order valence-corrected chi connectivity index (χ3v) is 5.00. The SMILES string of the molecule is Cc1cn2cc(NC(=O)c3ccc(N4CCN[C@H](C)C4)cc3F)nc(C(F)(F)F)c2n1. The summed E-state index contributed by atoms with van der Waals surface area (Å²) in [4.78, 5) is 21.9. The number of carbonyl (C=O) groups is 1. The average molecular weight is 436 g/mol. The van der Waals surface area contributed by atoms with E-state index in [-0.39, 0.29) is 23.1 Å². The van der Waals surface area contributed by atoms with E-state index in [1.54, 1.807) is 13.0 Å². The molecule has 31 heavy (non-hydrogen) atoms. The normalized spacial score (nSPS) is 17.2. The Morgan fingerprint density at radius 3 is 2.71 bits per heavy atom. The molecule has 0 saturated carbocycles. The van der Waals surface area contributed by atoms with Gasteiger partial charge in [-0.15, -0.1) is 0 Å². The summed E-state index contributed by atoms with van der Waals surface area (Å²) >= 11 is 0. The van der Waals surface area contributed by atoms with Crippen molar-refractivity contribution in [2.45, 2.75) is 26.1 Å². The molecule has 0 aliphatic carbocycles. The highest BCUT2D eigenvalue weighted by atomic mass is 19.4. The van der Waals surface area contributed by atoms with Gasteiger partial charge >= 0.3 is 6.18 Å². The third-order valence-electron chi connectivity index (χ3n) is 5.00. The summed E-state index contributed by atoms with van der Waals surface area (Å²) in [5, 5.41) is 5.55. The minimum Gasteiger partial charge on any atom is -0.369 e. The van der Waals surface area contributed by atoms with Crippen molar-refractivity contribution >= 4 is 23.1 Å². The Labute approximate surface area is 175 Å². The van der Waals surface area contributed by atoms with E-state index in [4.69, 9.17) is 0 Å². The van der Waals surface area contributed by atoms with Crippen LogP contribution in [-0.4, -0.2) is 46.0 Å². The number of alkyl halides is 3. The van der Waals surface area contributed by atoms with Gasteiger partial charge in [0.25, 0.3) is 5.91 Å². The molecule has 3 heterocycles. The number of nitrogens with one attached hydrogen (secondary N) is 2. The highest BCUT2D eigenvalue weighted by Gasteiger charge is 2.37. The highest BCUT2D eigenvalue weighted by Crippen LogP contribution is 2.32. The van der Waals surface area contributed by atoms with Crippen LogP contribution in [0, 0.1) is 12.7 Å². The zero-order valence-corrected chi connectivity index (χ0v) is 16.8. The molecule has 2 N–H and O–H groups in total. The molecule has 7 nitrogen and oxygen atoms in total. The number of fused-ring (bicyclic) bond motifs is 1. The predicted molar refractivity (Wildman–Crippen MR) is 107 cm³/mol. The number of amides is 1. The van der Waals surface area contributed by atoms with Gasteiger partial charge in [-0.1, -0.05) is 0 Å². The van der Waals surface area contributed by atoms with Crippen LogP contribution in [0.15, 0.2) is 30.6 Å². The molecule has 2 aromatic heterocycles. The summed E-state index contributed by atoms with van der Waals surface area (Å²) in [7, 11) is 0. The van der Waals surface area contributed by atoms with E-state index in [1.807, 2.05) is 11.8 Å². The lowest BCUT2D eigenvalue weighted by atomic mass is 10.1. The number of aryl methyl sites for hydroxylation is 1. The van der Waals surface area contributed by atoms with Crippen LogP contribution in [0.3, 0.4) is 0 Å². The van der Waals surface area contributed by atoms with E-state index >= 15 is 0 Å². The summed E-state index contributed by atoms with van der Waals surface area (Å²) in [6, 6.07) is 4.43. The summed E-state index contributed by atoms with van der Waals surface area (Å²) in [6.45, 7) is 5.71. The molecule has 4 rings (SSSR count). The van der Waals surface area contributed by atoms with Gasteiger partial charge in [-0.3, -0.25) is 4.79 Å². The van der Waals surface area contributed by atoms with E-state index in [1.165, 1.54) is 24.5 Å². The van der Waals surface area contributed by atoms with Crippen LogP contribution < -0.4 is 15.5 Å². The van der Waals surface area contributed by atoms with Crippen LogP contribution in [0.4, 0.5) is 29.1 Å². The average Bonchev–Trinajstić information content (AvgIpc) is 3.06. The number of carbonyl (C=O) groups excluding carboxylic acids is 1. The Kier molecular flexibility index (Phi) is 5.29. The second kappa shape index (κ2) is 7.80. The molecule has 0 radical (unpaired) electrons. The zero-order chi connectivity index (χ0) is 22.3. The van der Waals surface area contributed by atoms with Gasteiger partial charge < -0.3 is 19.9 Å². The number of anilines is 2. The highest BCUT2D eigenvalue weighted by molar-refractivity contribution is 6.04. The van der Waals surface area contributed by atoms with Crippen molar-refractivity contribution in [1.82, 2.24) is 19.7 Å². The topological polar surface area (TPSA) is 74.6 Å². The van der Waals surface area contributed by atoms with E-state index in [9.17, 15) is 22.4 Å². The fraction of sp³-hybridized carbons (Fsp3) is 0.350. The molecule has 1 aliphatic heterocycles. The minimum absolute atomic E-state index is 0.246. The Hall–Kier alpha value is -3.21. The van der Waals surface area contributed by atoms with Gasteiger partial charge in [0.1, 0.15) is 5.82 Å². The largest absolute Gasteiger partial charge is 0.437 e. The lowest BCUT2D eigenvalue weighted by Gasteiger charge is -2.33. The first-order valence-corrected chi connectivity index (χ1v) is 9.64. The van der Waals surface area contributed by atoms with Crippen molar-refractivity contribution in [2.24, 2.45) is 0 Å². The van der Waals surface area contributed by atoms with Gasteiger partial charge in [-0.25, -0.2) is 14.4 Å². The fourth-order valence-corrected chi connectivity index (χ4v) is 3.61. The molecular weight excluding hydrogens is 416 g/mol. The maximum atomic E-state index is 14.7. The summed E-state index contributed by atoms with van der Waals surface area (Å²) in [5.74, 6) is -2.02. The Bertz CT molecular complexity index is 1140. The van der Waals surface area contributed by atoms with Crippen LogP contribution >= 0.6 is 0 Å². The molecule has 0 spiro atoms. The molecule has 1 fully saturated rings. The van der Waals surface area contributed by atoms with Crippen molar-refractivity contribution in [3.63, 3.8) is 0 Å². The lowest BCUT2D eigenvalue weighted by molar-refractivity contribution is -0.140. The lowest BCUT2D eigenvalue weighted by Crippen LogP contribution is -2.49. The van der Waals surface area contributed by atoms with Gasteiger partial charge in [-0.05, 0) is 32.0 Å². The van der Waals surface area contributed by atoms with Gasteiger partial charge in [0.15, 0.2) is 17.2 Å². The van der Waals surface area contributed by atoms with Crippen LogP contribution in [-0.2, 0) is 6.18 Å². The van der Waals surface area contributed by atoms with E-state index in [0.29, 0.717) is 24.5 Å². The first kappa shape index (κ1) is 21.0. The van der Waals surface area contributed by atoms with Crippen molar-refractivity contribution in [3.8, 4) is 0 Å². The maximum absolute atomic E-state index is 14.7. The van der Waals surface area contributed by atoms with Crippen LogP contribution in [0.25, 0.3) is 5.65 Å². The number of piperazine rings is 1. The molecule has 11 heteroatoms. The van der Waals surface area contributed by atoms with E-state index < -0.39 is 23.6 Å². The number of hydrogen-bond donors (Lipinski definition) is 2. The molecule has 1 aliphatic rings. The molecule has 1 amide bonds.